The Kier molecular flexibility index (Phi) is 3.93. The number of carboxylic acid groups (broad SMARTS) is 1. The van der Waals surface area contributed by atoms with E-state index < -0.39 is 12.6 Å². The van der Waals surface area contributed by atoms with E-state index in [-0.39, 0.29) is 11.3 Å². The lowest BCUT2D eigenvalue weighted by atomic mass is 10.1. The van der Waals surface area contributed by atoms with Crippen molar-refractivity contribution in [3.05, 3.63) is 47.7 Å². The highest BCUT2D eigenvalue weighted by atomic mass is 19.3. The molecule has 0 bridgehead atoms. The van der Waals surface area contributed by atoms with E-state index in [1.807, 2.05) is 0 Å². The zero-order valence-corrected chi connectivity index (χ0v) is 10.5. The zero-order chi connectivity index (χ0) is 14.7. The molecule has 2 rings (SSSR count). The van der Waals surface area contributed by atoms with E-state index in [0.717, 1.165) is 0 Å². The molecule has 0 amide bonds. The lowest BCUT2D eigenvalue weighted by molar-refractivity contribution is -0.0498. The molecule has 0 saturated heterocycles. The molecule has 0 unspecified atom stereocenters. The van der Waals surface area contributed by atoms with Crippen molar-refractivity contribution in [2.24, 2.45) is 0 Å². The Bertz CT molecular complexity index is 627. The third kappa shape index (κ3) is 3.28. The highest BCUT2D eigenvalue weighted by Crippen LogP contribution is 2.23. The molecular weight excluding hydrogens is 268 g/mol. The molecule has 4 nitrogen and oxygen atoms in total. The molecule has 0 atom stereocenters. The smallest absolute Gasteiger partial charge is 0.387 e. The van der Waals surface area contributed by atoms with Crippen molar-refractivity contribution in [1.82, 2.24) is 4.98 Å². The molecular formula is C14H11F2NO3. The van der Waals surface area contributed by atoms with Crippen LogP contribution in [-0.4, -0.2) is 22.7 Å². The van der Waals surface area contributed by atoms with E-state index in [0.29, 0.717) is 17.0 Å². The molecule has 0 aliphatic rings. The Morgan fingerprint density at radius 2 is 1.90 bits per heavy atom. The van der Waals surface area contributed by atoms with Crippen molar-refractivity contribution < 1.29 is 23.4 Å². The fourth-order valence-electron chi connectivity index (χ4n) is 1.75. The van der Waals surface area contributed by atoms with E-state index in [1.54, 1.807) is 19.1 Å². The van der Waals surface area contributed by atoms with Crippen LogP contribution in [0.25, 0.3) is 11.3 Å². The fraction of sp³-hybridized carbons (Fsp3) is 0.143. The van der Waals surface area contributed by atoms with Gasteiger partial charge in [-0.15, -0.1) is 0 Å². The summed E-state index contributed by atoms with van der Waals surface area (Å²) < 4.78 is 28.3. The van der Waals surface area contributed by atoms with E-state index in [2.05, 4.69) is 9.72 Å². The van der Waals surface area contributed by atoms with Gasteiger partial charge in [0.15, 0.2) is 0 Å². The maximum atomic E-state index is 12.0. The number of hydrogen-bond donors (Lipinski definition) is 1. The molecule has 0 saturated carbocycles. The van der Waals surface area contributed by atoms with E-state index in [9.17, 15) is 13.6 Å². The number of rotatable bonds is 4. The molecule has 1 N–H and O–H groups in total. The lowest BCUT2D eigenvalue weighted by Crippen LogP contribution is -2.02. The van der Waals surface area contributed by atoms with Gasteiger partial charge in [-0.3, -0.25) is 4.98 Å². The Labute approximate surface area is 113 Å². The number of carboxylic acids is 1. The van der Waals surface area contributed by atoms with Crippen molar-refractivity contribution in [3.63, 3.8) is 0 Å². The summed E-state index contributed by atoms with van der Waals surface area (Å²) >= 11 is 0. The van der Waals surface area contributed by atoms with Crippen LogP contribution in [-0.2, 0) is 0 Å². The monoisotopic (exact) mass is 279 g/mol. The quantitative estimate of drug-likeness (QED) is 0.932. The highest BCUT2D eigenvalue weighted by Gasteiger charge is 2.09. The molecule has 0 spiro atoms. The minimum atomic E-state index is -2.88. The van der Waals surface area contributed by atoms with Gasteiger partial charge >= 0.3 is 12.6 Å². The van der Waals surface area contributed by atoms with Gasteiger partial charge in [0.1, 0.15) is 5.75 Å². The van der Waals surface area contributed by atoms with Gasteiger partial charge in [0, 0.05) is 11.3 Å². The zero-order valence-electron chi connectivity index (χ0n) is 10.5. The first-order chi connectivity index (χ1) is 9.45. The van der Waals surface area contributed by atoms with Crippen LogP contribution in [0.15, 0.2) is 36.4 Å². The fourth-order valence-corrected chi connectivity index (χ4v) is 1.75. The number of hydrogen-bond acceptors (Lipinski definition) is 3. The van der Waals surface area contributed by atoms with Gasteiger partial charge in [-0.2, -0.15) is 8.78 Å². The van der Waals surface area contributed by atoms with Crippen molar-refractivity contribution in [1.29, 1.82) is 0 Å². The first-order valence-corrected chi connectivity index (χ1v) is 5.73. The number of alkyl halides is 2. The minimum absolute atomic E-state index is 0.0369. The normalized spacial score (nSPS) is 10.6. The molecule has 1 heterocycles. The third-order valence-corrected chi connectivity index (χ3v) is 2.58. The van der Waals surface area contributed by atoms with Crippen LogP contribution in [0.1, 0.15) is 16.1 Å². The first kappa shape index (κ1) is 13.9. The van der Waals surface area contributed by atoms with Crippen LogP contribution in [0.2, 0.25) is 0 Å². The first-order valence-electron chi connectivity index (χ1n) is 5.73. The molecule has 2 aromatic rings. The number of ether oxygens (including phenoxy) is 1. The van der Waals surface area contributed by atoms with Crippen molar-refractivity contribution in [2.45, 2.75) is 13.5 Å². The molecule has 0 fully saturated rings. The molecule has 1 aromatic carbocycles. The maximum absolute atomic E-state index is 12.0. The van der Waals surface area contributed by atoms with Gasteiger partial charge in [0.25, 0.3) is 0 Å². The Morgan fingerprint density at radius 3 is 2.45 bits per heavy atom. The molecule has 20 heavy (non-hydrogen) atoms. The van der Waals surface area contributed by atoms with Gasteiger partial charge in [-0.1, -0.05) is 0 Å². The van der Waals surface area contributed by atoms with Crippen LogP contribution < -0.4 is 4.74 Å². The summed E-state index contributed by atoms with van der Waals surface area (Å²) in [4.78, 5) is 15.2. The van der Waals surface area contributed by atoms with Gasteiger partial charge in [0.05, 0.1) is 11.3 Å². The SMILES string of the molecule is Cc1cc(C(=O)O)cc(-c2ccc(OC(F)F)cc2)n1. The highest BCUT2D eigenvalue weighted by molar-refractivity contribution is 5.89. The van der Waals surface area contributed by atoms with Crippen LogP contribution >= 0.6 is 0 Å². The number of nitrogens with zero attached hydrogens (tertiary/aromatic N) is 1. The molecule has 0 radical (unpaired) electrons. The average molecular weight is 279 g/mol. The Hall–Kier alpha value is -2.50. The number of halogens is 2. The van der Waals surface area contributed by atoms with Crippen molar-refractivity contribution >= 4 is 5.97 Å². The lowest BCUT2D eigenvalue weighted by Gasteiger charge is -2.07. The van der Waals surface area contributed by atoms with Crippen LogP contribution in [0.3, 0.4) is 0 Å². The van der Waals surface area contributed by atoms with E-state index >= 15 is 0 Å². The van der Waals surface area contributed by atoms with Gasteiger partial charge < -0.3 is 9.84 Å². The number of aryl methyl sites for hydroxylation is 1. The third-order valence-electron chi connectivity index (χ3n) is 2.58. The minimum Gasteiger partial charge on any atom is -0.478 e. The Morgan fingerprint density at radius 1 is 1.25 bits per heavy atom. The standard InChI is InChI=1S/C14H11F2NO3/c1-8-6-10(13(18)19)7-12(17-8)9-2-4-11(5-3-9)20-14(15)16/h2-7,14H,1H3,(H,18,19). The molecule has 1 aromatic heterocycles. The Balaban J connectivity index is 2.34. The van der Waals surface area contributed by atoms with Gasteiger partial charge in [-0.05, 0) is 43.3 Å². The van der Waals surface area contributed by atoms with Crippen LogP contribution in [0, 0.1) is 6.92 Å². The summed E-state index contributed by atoms with van der Waals surface area (Å²) in [5.41, 5.74) is 1.78. The average Bonchev–Trinajstić information content (AvgIpc) is 2.38. The number of aromatic carboxylic acids is 1. The summed E-state index contributed by atoms with van der Waals surface area (Å²) in [6.45, 7) is -1.19. The predicted molar refractivity (Wildman–Crippen MR) is 68.0 cm³/mol. The molecule has 0 aliphatic carbocycles. The predicted octanol–water partition coefficient (Wildman–Crippen LogP) is 3.36. The van der Waals surface area contributed by atoms with Crippen LogP contribution in [0.4, 0.5) is 8.78 Å². The number of pyridine rings is 1. The van der Waals surface area contributed by atoms with Gasteiger partial charge in [-0.25, -0.2) is 4.79 Å². The van der Waals surface area contributed by atoms with Crippen molar-refractivity contribution in [3.8, 4) is 17.0 Å². The summed E-state index contributed by atoms with van der Waals surface area (Å²) in [5.74, 6) is -1.01. The second-order valence-corrected chi connectivity index (χ2v) is 4.09. The largest absolute Gasteiger partial charge is 0.478 e. The second kappa shape index (κ2) is 5.64. The van der Waals surface area contributed by atoms with Gasteiger partial charge in [0.2, 0.25) is 0 Å². The number of benzene rings is 1. The second-order valence-electron chi connectivity index (χ2n) is 4.09. The molecule has 0 aliphatic heterocycles. The van der Waals surface area contributed by atoms with E-state index in [4.69, 9.17) is 5.11 Å². The topological polar surface area (TPSA) is 59.4 Å². The summed E-state index contributed by atoms with van der Waals surface area (Å²) in [5, 5.41) is 8.99. The summed E-state index contributed by atoms with van der Waals surface area (Å²) in [6.07, 6.45) is 0. The maximum Gasteiger partial charge on any atom is 0.387 e. The van der Waals surface area contributed by atoms with Crippen molar-refractivity contribution in [2.75, 3.05) is 0 Å². The number of carbonyl (C=O) groups is 1. The molecule has 6 heteroatoms. The van der Waals surface area contributed by atoms with E-state index in [1.165, 1.54) is 24.3 Å². The molecule has 104 valence electrons. The summed E-state index contributed by atoms with van der Waals surface area (Å²) in [7, 11) is 0. The van der Waals surface area contributed by atoms with Crippen LogP contribution in [0.5, 0.6) is 5.75 Å². The number of aromatic nitrogens is 1. The summed E-state index contributed by atoms with van der Waals surface area (Å²) in [6, 6.07) is 8.74.